The minimum absolute atomic E-state index is 0.0385. The van der Waals surface area contributed by atoms with Crippen molar-refractivity contribution in [3.8, 4) is 11.4 Å². The molecule has 0 saturated heterocycles. The summed E-state index contributed by atoms with van der Waals surface area (Å²) in [6.45, 7) is 2.20. The normalized spacial score (nSPS) is 11.9. The summed E-state index contributed by atoms with van der Waals surface area (Å²) < 4.78 is 53.6. The number of hydrogen-bond acceptors (Lipinski definition) is 3. The van der Waals surface area contributed by atoms with Crippen LogP contribution in [0.3, 0.4) is 0 Å². The van der Waals surface area contributed by atoms with Gasteiger partial charge in [-0.2, -0.15) is 13.2 Å². The minimum atomic E-state index is -4.76. The van der Waals surface area contributed by atoms with Crippen molar-refractivity contribution >= 4 is 0 Å². The molecule has 4 nitrogen and oxygen atoms in total. The van der Waals surface area contributed by atoms with Crippen LogP contribution in [0.2, 0.25) is 0 Å². The summed E-state index contributed by atoms with van der Waals surface area (Å²) in [5.41, 5.74) is 3.89. The van der Waals surface area contributed by atoms with Crippen LogP contribution in [-0.4, -0.2) is 14.8 Å². The van der Waals surface area contributed by atoms with Crippen LogP contribution in [0.25, 0.3) is 11.4 Å². The van der Waals surface area contributed by atoms with Gasteiger partial charge in [-0.15, -0.1) is 10.2 Å². The van der Waals surface area contributed by atoms with Crippen LogP contribution in [0.1, 0.15) is 18.3 Å². The summed E-state index contributed by atoms with van der Waals surface area (Å²) in [7, 11) is 0. The fourth-order valence-corrected chi connectivity index (χ4v) is 1.94. The van der Waals surface area contributed by atoms with E-state index in [1.165, 1.54) is 10.6 Å². The minimum Gasteiger partial charge on any atom is -0.324 e. The second kappa shape index (κ2) is 5.20. The Kier molecular flexibility index (Phi) is 3.76. The Hall–Kier alpha value is -1.96. The zero-order valence-corrected chi connectivity index (χ0v) is 10.6. The lowest BCUT2D eigenvalue weighted by atomic mass is 10.1. The molecule has 1 heterocycles. The summed E-state index contributed by atoms with van der Waals surface area (Å²) >= 11 is 0. The number of hydrogen-bond donors (Lipinski definition) is 1. The molecule has 0 spiro atoms. The van der Waals surface area contributed by atoms with Crippen molar-refractivity contribution in [1.29, 1.82) is 0 Å². The lowest BCUT2D eigenvalue weighted by Gasteiger charge is -2.12. The third-order valence-corrected chi connectivity index (χ3v) is 2.87. The zero-order valence-electron chi connectivity index (χ0n) is 10.6. The summed E-state index contributed by atoms with van der Waals surface area (Å²) in [6, 6.07) is 3.06. The van der Waals surface area contributed by atoms with Crippen LogP contribution in [0.4, 0.5) is 17.6 Å². The maximum atomic E-state index is 14.1. The van der Waals surface area contributed by atoms with Gasteiger partial charge in [0.15, 0.2) is 5.82 Å². The van der Waals surface area contributed by atoms with Crippen molar-refractivity contribution in [2.75, 3.05) is 0 Å². The number of rotatable bonds is 3. The Labute approximate surface area is 112 Å². The van der Waals surface area contributed by atoms with Crippen molar-refractivity contribution in [3.63, 3.8) is 0 Å². The van der Waals surface area contributed by atoms with Crippen LogP contribution < -0.4 is 5.73 Å². The number of nitrogens with zero attached hydrogens (tertiary/aromatic N) is 3. The molecule has 8 heteroatoms. The number of benzene rings is 1. The average Bonchev–Trinajstić information content (AvgIpc) is 2.80. The van der Waals surface area contributed by atoms with E-state index in [0.717, 1.165) is 6.07 Å². The monoisotopic (exact) mass is 288 g/mol. The molecule has 0 aliphatic heterocycles. The number of aromatic nitrogens is 3. The molecule has 2 N–H and O–H groups in total. The average molecular weight is 288 g/mol. The van der Waals surface area contributed by atoms with Gasteiger partial charge in [-0.25, -0.2) is 4.39 Å². The Balaban J connectivity index is 2.62. The van der Waals surface area contributed by atoms with Gasteiger partial charge in [-0.3, -0.25) is 0 Å². The van der Waals surface area contributed by atoms with Gasteiger partial charge in [-0.1, -0.05) is 6.07 Å². The molecule has 1 aromatic carbocycles. The fourth-order valence-electron chi connectivity index (χ4n) is 1.94. The Morgan fingerprint density at radius 2 is 1.95 bits per heavy atom. The molecule has 0 amide bonds. The Morgan fingerprint density at radius 1 is 1.25 bits per heavy atom. The lowest BCUT2D eigenvalue weighted by Crippen LogP contribution is -2.11. The lowest BCUT2D eigenvalue weighted by molar-refractivity contribution is -0.139. The molecule has 0 radical (unpaired) electrons. The van der Waals surface area contributed by atoms with Crippen molar-refractivity contribution in [3.05, 3.63) is 35.4 Å². The standard InChI is InChI=1S/C12H12F4N4/c1-2-20-9(6-17)18-19-11(20)7-4-3-5-8(10(7)13)12(14,15)16/h3-5H,2,6,17H2,1H3. The molecule has 108 valence electrons. The van der Waals surface area contributed by atoms with E-state index in [1.807, 2.05) is 0 Å². The fraction of sp³-hybridized carbons (Fsp3) is 0.333. The largest absolute Gasteiger partial charge is 0.419 e. The second-order valence-corrected chi connectivity index (χ2v) is 4.05. The molecule has 20 heavy (non-hydrogen) atoms. The highest BCUT2D eigenvalue weighted by molar-refractivity contribution is 5.58. The molecule has 2 aromatic rings. The van der Waals surface area contributed by atoms with Gasteiger partial charge in [0, 0.05) is 6.54 Å². The van der Waals surface area contributed by atoms with Crippen molar-refractivity contribution in [1.82, 2.24) is 14.8 Å². The molecule has 2 rings (SSSR count). The zero-order chi connectivity index (χ0) is 14.9. The first-order chi connectivity index (χ1) is 9.40. The maximum Gasteiger partial charge on any atom is 0.419 e. The van der Waals surface area contributed by atoms with Gasteiger partial charge >= 0.3 is 6.18 Å². The van der Waals surface area contributed by atoms with Gasteiger partial charge in [-0.05, 0) is 19.1 Å². The van der Waals surface area contributed by atoms with Crippen LogP contribution in [-0.2, 0) is 19.3 Å². The molecule has 1 aromatic heterocycles. The third kappa shape index (κ3) is 2.38. The van der Waals surface area contributed by atoms with E-state index in [4.69, 9.17) is 5.73 Å². The van der Waals surface area contributed by atoms with Gasteiger partial charge in [0.25, 0.3) is 0 Å². The van der Waals surface area contributed by atoms with Gasteiger partial charge < -0.3 is 10.3 Å². The molecule has 0 aliphatic carbocycles. The smallest absolute Gasteiger partial charge is 0.324 e. The summed E-state index contributed by atoms with van der Waals surface area (Å²) in [5.74, 6) is -0.929. The summed E-state index contributed by atoms with van der Waals surface area (Å²) in [4.78, 5) is 0. The number of nitrogens with two attached hydrogens (primary N) is 1. The molecule has 0 fully saturated rings. The topological polar surface area (TPSA) is 56.7 Å². The molecule has 0 saturated carbocycles. The van der Waals surface area contributed by atoms with Crippen molar-refractivity contribution in [2.45, 2.75) is 26.2 Å². The van der Waals surface area contributed by atoms with Gasteiger partial charge in [0.2, 0.25) is 0 Å². The molecule has 0 unspecified atom stereocenters. The van der Waals surface area contributed by atoms with E-state index in [9.17, 15) is 17.6 Å². The first kappa shape index (κ1) is 14.4. The second-order valence-electron chi connectivity index (χ2n) is 4.05. The highest BCUT2D eigenvalue weighted by Gasteiger charge is 2.35. The summed E-state index contributed by atoms with van der Waals surface area (Å²) in [5, 5.41) is 7.49. The molecular weight excluding hydrogens is 276 g/mol. The molecule has 0 bridgehead atoms. The predicted molar refractivity (Wildman–Crippen MR) is 64.0 cm³/mol. The van der Waals surface area contributed by atoms with E-state index in [2.05, 4.69) is 10.2 Å². The van der Waals surface area contributed by atoms with Crippen molar-refractivity contribution in [2.24, 2.45) is 5.73 Å². The first-order valence-corrected chi connectivity index (χ1v) is 5.88. The van der Waals surface area contributed by atoms with E-state index in [1.54, 1.807) is 6.92 Å². The summed E-state index contributed by atoms with van der Waals surface area (Å²) in [6.07, 6.45) is -4.76. The SMILES string of the molecule is CCn1c(CN)nnc1-c1cccc(C(F)(F)F)c1F. The van der Waals surface area contributed by atoms with Crippen LogP contribution in [0.5, 0.6) is 0 Å². The van der Waals surface area contributed by atoms with E-state index >= 15 is 0 Å². The molecule has 0 atom stereocenters. The molecular formula is C12H12F4N4. The van der Waals surface area contributed by atoms with E-state index in [-0.39, 0.29) is 17.9 Å². The Morgan fingerprint density at radius 3 is 2.50 bits per heavy atom. The molecule has 0 aliphatic rings. The van der Waals surface area contributed by atoms with E-state index < -0.39 is 17.6 Å². The highest BCUT2D eigenvalue weighted by Crippen LogP contribution is 2.35. The van der Waals surface area contributed by atoms with Crippen LogP contribution >= 0.6 is 0 Å². The Bertz CT molecular complexity index is 618. The number of alkyl halides is 3. The first-order valence-electron chi connectivity index (χ1n) is 5.88. The van der Waals surface area contributed by atoms with Gasteiger partial charge in [0.1, 0.15) is 11.6 Å². The highest BCUT2D eigenvalue weighted by atomic mass is 19.4. The van der Waals surface area contributed by atoms with Crippen LogP contribution in [0, 0.1) is 5.82 Å². The quantitative estimate of drug-likeness (QED) is 0.883. The van der Waals surface area contributed by atoms with E-state index in [0.29, 0.717) is 18.4 Å². The van der Waals surface area contributed by atoms with Crippen LogP contribution in [0.15, 0.2) is 18.2 Å². The predicted octanol–water partition coefficient (Wildman–Crippen LogP) is 2.58. The van der Waals surface area contributed by atoms with Gasteiger partial charge in [0.05, 0.1) is 17.7 Å². The third-order valence-electron chi connectivity index (χ3n) is 2.87. The van der Waals surface area contributed by atoms with Crippen molar-refractivity contribution < 1.29 is 17.6 Å². The number of halogens is 4. The maximum absolute atomic E-state index is 14.1.